The molecule has 0 aromatic rings. The van der Waals surface area contributed by atoms with E-state index in [1.54, 1.807) is 0 Å². The summed E-state index contributed by atoms with van der Waals surface area (Å²) >= 11 is 0. The summed E-state index contributed by atoms with van der Waals surface area (Å²) in [6.07, 6.45) is 2.96. The van der Waals surface area contributed by atoms with Crippen molar-refractivity contribution in [1.82, 2.24) is 0 Å². The molecule has 0 saturated heterocycles. The Balaban J connectivity index is 2.97. The van der Waals surface area contributed by atoms with E-state index in [9.17, 15) is 0 Å². The molecule has 0 heterocycles. The fourth-order valence-electron chi connectivity index (χ4n) is 0.200. The zero-order valence-electron chi connectivity index (χ0n) is 3.91. The van der Waals surface area contributed by atoms with Crippen molar-refractivity contribution in [2.45, 2.75) is 6.32 Å². The second-order valence-corrected chi connectivity index (χ2v) is 1.14. The lowest BCUT2D eigenvalue weighted by molar-refractivity contribution is 0.411. The highest BCUT2D eigenvalue weighted by atomic mass is 16.4. The van der Waals surface area contributed by atoms with Crippen molar-refractivity contribution in [3.05, 3.63) is 12.3 Å². The molecular weight excluding hydrogens is 92.8 g/mol. The first-order valence-electron chi connectivity index (χ1n) is 2.00. The minimum Gasteiger partial charge on any atom is -0.427 e. The minimum absolute atomic E-state index is 0.205. The Kier molecular flexibility index (Phi) is 3.45. The lowest BCUT2D eigenvalue weighted by Gasteiger charge is -1.85. The quantitative estimate of drug-likeness (QED) is 0.388. The Morgan fingerprint density at radius 3 is 2.29 bits per heavy atom. The highest BCUT2D eigenvalue weighted by Crippen LogP contribution is 1.81. The predicted octanol–water partition coefficient (Wildman–Crippen LogP) is -1.07. The van der Waals surface area contributed by atoms with Gasteiger partial charge in [-0.3, -0.25) is 0 Å². The summed E-state index contributed by atoms with van der Waals surface area (Å²) in [5.41, 5.74) is 4.87. The maximum absolute atomic E-state index is 8.13. The molecule has 0 aromatic heterocycles. The molecule has 4 N–H and O–H groups in total. The van der Waals surface area contributed by atoms with Gasteiger partial charge in [0.05, 0.1) is 0 Å². The van der Waals surface area contributed by atoms with E-state index in [2.05, 4.69) is 0 Å². The molecule has 0 atom stereocenters. The zero-order chi connectivity index (χ0) is 5.70. The molecule has 7 heavy (non-hydrogen) atoms. The van der Waals surface area contributed by atoms with Crippen LogP contribution in [0.5, 0.6) is 0 Å². The summed E-state index contributed by atoms with van der Waals surface area (Å²) in [6.45, 7) is 0. The van der Waals surface area contributed by atoms with E-state index in [1.165, 1.54) is 12.3 Å². The smallest absolute Gasteiger partial charge is 0.427 e. The first kappa shape index (κ1) is 6.52. The van der Waals surface area contributed by atoms with Crippen LogP contribution in [0, 0.1) is 0 Å². The molecule has 0 unspecified atom stereocenters. The fraction of sp³-hybridized carbons (Fsp3) is 0.333. The van der Waals surface area contributed by atoms with Crippen LogP contribution in [-0.2, 0) is 0 Å². The Morgan fingerprint density at radius 2 is 2.14 bits per heavy atom. The maximum atomic E-state index is 8.13. The van der Waals surface area contributed by atoms with E-state index in [4.69, 9.17) is 15.8 Å². The van der Waals surface area contributed by atoms with Gasteiger partial charge in [-0.15, -0.1) is 0 Å². The summed E-state index contributed by atoms with van der Waals surface area (Å²) in [6, 6.07) is 0. The largest absolute Gasteiger partial charge is 0.455 e. The molecular formula is C3H8BNO2. The SMILES string of the molecule is N/C=C/CB(O)O. The minimum atomic E-state index is -1.26. The van der Waals surface area contributed by atoms with E-state index < -0.39 is 7.12 Å². The normalized spacial score (nSPS) is 10.0. The molecule has 0 fully saturated rings. The Morgan fingerprint density at radius 1 is 1.57 bits per heavy atom. The topological polar surface area (TPSA) is 66.5 Å². The molecule has 0 aliphatic rings. The van der Waals surface area contributed by atoms with Gasteiger partial charge in [0.15, 0.2) is 0 Å². The number of hydrogen-bond acceptors (Lipinski definition) is 3. The predicted molar refractivity (Wildman–Crippen MR) is 28.3 cm³/mol. The summed E-state index contributed by atoms with van der Waals surface area (Å²) in [5.74, 6) is 0. The van der Waals surface area contributed by atoms with E-state index in [-0.39, 0.29) is 6.32 Å². The molecule has 0 aliphatic carbocycles. The fourth-order valence-corrected chi connectivity index (χ4v) is 0.200. The van der Waals surface area contributed by atoms with Crippen molar-refractivity contribution in [3.63, 3.8) is 0 Å². The summed E-state index contributed by atoms with van der Waals surface area (Å²) in [7, 11) is -1.26. The number of nitrogens with two attached hydrogens (primary N) is 1. The lowest BCUT2D eigenvalue weighted by Crippen LogP contribution is -2.07. The molecule has 0 rings (SSSR count). The van der Waals surface area contributed by atoms with Crippen molar-refractivity contribution >= 4 is 7.12 Å². The van der Waals surface area contributed by atoms with Gasteiger partial charge in [-0.05, 0) is 6.20 Å². The van der Waals surface area contributed by atoms with Gasteiger partial charge >= 0.3 is 7.12 Å². The molecule has 0 aromatic carbocycles. The highest BCUT2D eigenvalue weighted by molar-refractivity contribution is 6.41. The summed E-state index contributed by atoms with van der Waals surface area (Å²) in [5, 5.41) is 16.3. The first-order chi connectivity index (χ1) is 3.27. The summed E-state index contributed by atoms with van der Waals surface area (Å²) in [4.78, 5) is 0. The molecule has 4 heteroatoms. The van der Waals surface area contributed by atoms with Gasteiger partial charge in [0, 0.05) is 6.32 Å². The Bertz CT molecular complexity index is 64.0. The van der Waals surface area contributed by atoms with Crippen LogP contribution in [0.15, 0.2) is 12.3 Å². The third kappa shape index (κ3) is 5.52. The van der Waals surface area contributed by atoms with Crippen LogP contribution in [0.4, 0.5) is 0 Å². The monoisotopic (exact) mass is 101 g/mol. The van der Waals surface area contributed by atoms with Crippen LogP contribution in [0.3, 0.4) is 0 Å². The average Bonchev–Trinajstić information content (AvgIpc) is 1.61. The van der Waals surface area contributed by atoms with Gasteiger partial charge in [0.25, 0.3) is 0 Å². The van der Waals surface area contributed by atoms with Crippen LogP contribution < -0.4 is 5.73 Å². The number of hydrogen-bond donors (Lipinski definition) is 3. The van der Waals surface area contributed by atoms with Crippen LogP contribution in [-0.4, -0.2) is 17.2 Å². The van der Waals surface area contributed by atoms with Crippen LogP contribution >= 0.6 is 0 Å². The van der Waals surface area contributed by atoms with E-state index in [0.29, 0.717) is 0 Å². The number of rotatable bonds is 2. The second kappa shape index (κ2) is 3.71. The third-order valence-electron chi connectivity index (χ3n) is 0.483. The molecule has 0 spiro atoms. The van der Waals surface area contributed by atoms with Crippen LogP contribution in [0.25, 0.3) is 0 Å². The molecule has 0 amide bonds. The average molecular weight is 101 g/mol. The molecule has 40 valence electrons. The molecule has 0 saturated carbocycles. The molecule has 3 nitrogen and oxygen atoms in total. The Labute approximate surface area is 42.6 Å². The van der Waals surface area contributed by atoms with Crippen molar-refractivity contribution in [2.75, 3.05) is 0 Å². The van der Waals surface area contributed by atoms with Crippen molar-refractivity contribution < 1.29 is 10.0 Å². The van der Waals surface area contributed by atoms with Gasteiger partial charge in [-0.25, -0.2) is 0 Å². The number of allylic oxidation sites excluding steroid dienone is 1. The zero-order valence-corrected chi connectivity index (χ0v) is 3.91. The Hall–Kier alpha value is -0.475. The van der Waals surface area contributed by atoms with Gasteiger partial charge in [-0.2, -0.15) is 0 Å². The van der Waals surface area contributed by atoms with Crippen LogP contribution in [0.2, 0.25) is 6.32 Å². The standard InChI is InChI=1S/C3H8BNO2/c5-3-1-2-4(6)7/h1,3,6-7H,2,5H2/b3-1+. The van der Waals surface area contributed by atoms with Crippen LogP contribution in [0.1, 0.15) is 0 Å². The van der Waals surface area contributed by atoms with E-state index in [1.807, 2.05) is 0 Å². The second-order valence-electron chi connectivity index (χ2n) is 1.14. The van der Waals surface area contributed by atoms with Crippen molar-refractivity contribution in [1.29, 1.82) is 0 Å². The molecule has 0 aliphatic heterocycles. The maximum Gasteiger partial charge on any atom is 0.455 e. The van der Waals surface area contributed by atoms with Gasteiger partial charge in [-0.1, -0.05) is 6.08 Å². The van der Waals surface area contributed by atoms with Gasteiger partial charge in [0.2, 0.25) is 0 Å². The first-order valence-corrected chi connectivity index (χ1v) is 2.00. The van der Waals surface area contributed by atoms with Crippen molar-refractivity contribution in [2.24, 2.45) is 5.73 Å². The van der Waals surface area contributed by atoms with E-state index >= 15 is 0 Å². The summed E-state index contributed by atoms with van der Waals surface area (Å²) < 4.78 is 0. The highest BCUT2D eigenvalue weighted by Gasteiger charge is 1.99. The van der Waals surface area contributed by atoms with Crippen molar-refractivity contribution in [3.8, 4) is 0 Å². The van der Waals surface area contributed by atoms with Gasteiger partial charge < -0.3 is 15.8 Å². The molecule has 0 radical (unpaired) electrons. The molecule has 0 bridgehead atoms. The third-order valence-corrected chi connectivity index (χ3v) is 0.483. The lowest BCUT2D eigenvalue weighted by atomic mass is 9.87. The van der Waals surface area contributed by atoms with E-state index in [0.717, 1.165) is 0 Å². The van der Waals surface area contributed by atoms with Gasteiger partial charge in [0.1, 0.15) is 0 Å².